The zero-order valence-electron chi connectivity index (χ0n) is 7.69. The Hall–Kier alpha value is -0.210. The minimum Gasteiger partial charge on any atom is -0.336 e. The maximum atomic E-state index is 10.1. The largest absolute Gasteiger partial charge is 0.336 e. The van der Waals surface area contributed by atoms with Crippen molar-refractivity contribution in [2.24, 2.45) is 5.73 Å². The monoisotopic (exact) mass is 213 g/mol. The van der Waals surface area contributed by atoms with Gasteiger partial charge in [0.1, 0.15) is 6.61 Å². The third-order valence-corrected chi connectivity index (χ3v) is 1.49. The summed E-state index contributed by atoms with van der Waals surface area (Å²) in [4.78, 5) is 0. The molecule has 0 aromatic carbocycles. The molecule has 0 aromatic rings. The zero-order valence-corrected chi connectivity index (χ0v) is 8.58. The number of hydrogen-bond donors (Lipinski definition) is 2. The summed E-state index contributed by atoms with van der Waals surface area (Å²) in [5.41, 5.74) is 5.53. The molecule has 0 saturated heterocycles. The number of hydrogen-bond acceptors (Lipinski definition) is 6. The van der Waals surface area contributed by atoms with Gasteiger partial charge in [0.25, 0.3) is 16.9 Å². The highest BCUT2D eigenvalue weighted by Crippen LogP contribution is 2.06. The topological polar surface area (TPSA) is 87.9 Å². The Bertz CT molecular complexity index is 191. The molecule has 0 aliphatic carbocycles. The van der Waals surface area contributed by atoms with Crippen LogP contribution in [0.2, 0.25) is 0 Å². The van der Waals surface area contributed by atoms with Crippen LogP contribution in [-0.2, 0) is 24.6 Å². The molecule has 0 unspecified atom stereocenters. The smallest absolute Gasteiger partial charge is 0.257 e. The van der Waals surface area contributed by atoms with E-state index in [1.165, 1.54) is 0 Å². The van der Waals surface area contributed by atoms with Crippen molar-refractivity contribution in [2.45, 2.75) is 19.8 Å². The molecule has 0 aliphatic heterocycles. The van der Waals surface area contributed by atoms with Gasteiger partial charge in [-0.1, -0.05) is 0 Å². The maximum absolute atomic E-state index is 10.1. The van der Waals surface area contributed by atoms with Gasteiger partial charge in [-0.05, 0) is 13.8 Å². The highest BCUT2D eigenvalue weighted by atomic mass is 32.2. The second-order valence-electron chi connectivity index (χ2n) is 2.17. The van der Waals surface area contributed by atoms with E-state index in [1.807, 2.05) is 0 Å². The number of nitrogens with two attached hydrogens (primary N) is 1. The summed E-state index contributed by atoms with van der Waals surface area (Å²) >= 11 is 0. The fraction of sp³-hybridized carbons (Fsp3) is 1.00. The third kappa shape index (κ3) is 5.94. The Morgan fingerprint density at radius 1 is 1.23 bits per heavy atom. The molecule has 13 heavy (non-hydrogen) atoms. The van der Waals surface area contributed by atoms with Crippen LogP contribution < -0.4 is 5.73 Å². The third-order valence-electron chi connectivity index (χ3n) is 1.15. The van der Waals surface area contributed by atoms with Gasteiger partial charge in [0.15, 0.2) is 0 Å². The molecule has 0 rings (SSSR count). The molecule has 0 bridgehead atoms. The summed E-state index contributed by atoms with van der Waals surface area (Å²) < 4.78 is 34.5. The summed E-state index contributed by atoms with van der Waals surface area (Å²) in [6.07, 6.45) is 0. The lowest BCUT2D eigenvalue weighted by Gasteiger charge is -2.26. The molecule has 80 valence electrons. The van der Waals surface area contributed by atoms with Gasteiger partial charge in [-0.15, -0.1) is 0 Å². The number of thiol groups is 1. The lowest BCUT2D eigenvalue weighted by atomic mass is 10.5. The van der Waals surface area contributed by atoms with Crippen molar-refractivity contribution in [3.05, 3.63) is 0 Å². The second kappa shape index (κ2) is 6.28. The van der Waals surface area contributed by atoms with Gasteiger partial charge >= 0.3 is 0 Å². The van der Waals surface area contributed by atoms with Crippen LogP contribution in [0.5, 0.6) is 0 Å². The van der Waals surface area contributed by atoms with Gasteiger partial charge in [0, 0.05) is 13.2 Å². The number of ether oxygens (including phenoxy) is 2. The Morgan fingerprint density at radius 3 is 2.00 bits per heavy atom. The molecule has 0 spiro atoms. The molecular weight excluding hydrogens is 198 g/mol. The van der Waals surface area contributed by atoms with E-state index in [2.05, 4.69) is 4.18 Å². The van der Waals surface area contributed by atoms with E-state index in [1.54, 1.807) is 13.8 Å². The summed E-state index contributed by atoms with van der Waals surface area (Å²) in [5, 5.41) is 0. The fourth-order valence-electron chi connectivity index (χ4n) is 0.756. The minimum atomic E-state index is -2.93. The van der Waals surface area contributed by atoms with Crippen LogP contribution in [0.15, 0.2) is 0 Å². The van der Waals surface area contributed by atoms with Crippen molar-refractivity contribution in [3.8, 4) is 0 Å². The molecule has 7 heteroatoms. The molecular formula is C6H15NO5S. The average molecular weight is 213 g/mol. The van der Waals surface area contributed by atoms with Gasteiger partial charge in [0.05, 0.1) is 0 Å². The molecule has 0 amide bonds. The highest BCUT2D eigenvalue weighted by molar-refractivity contribution is 7.67. The predicted molar refractivity (Wildman–Crippen MR) is 46.4 cm³/mol. The Morgan fingerprint density at radius 2 is 1.69 bits per heavy atom. The molecule has 0 saturated carbocycles. The van der Waals surface area contributed by atoms with E-state index in [4.69, 9.17) is 15.2 Å². The molecule has 0 atom stereocenters. The molecule has 6 nitrogen and oxygen atoms in total. The van der Waals surface area contributed by atoms with Gasteiger partial charge < -0.3 is 9.47 Å². The van der Waals surface area contributed by atoms with Crippen molar-refractivity contribution in [1.29, 1.82) is 0 Å². The van der Waals surface area contributed by atoms with Crippen LogP contribution >= 0.6 is 0 Å². The summed E-state index contributed by atoms with van der Waals surface area (Å²) in [5.74, 6) is -1.47. The fourth-order valence-corrected chi connectivity index (χ4v) is 1.04. The van der Waals surface area contributed by atoms with E-state index < -0.39 is 16.9 Å². The van der Waals surface area contributed by atoms with E-state index in [0.29, 0.717) is 13.2 Å². The molecule has 0 aliphatic rings. The summed E-state index contributed by atoms with van der Waals surface area (Å²) in [6.45, 7) is 3.73. The summed E-state index contributed by atoms with van der Waals surface area (Å²) in [6, 6.07) is 0. The molecule has 0 fully saturated rings. The quantitative estimate of drug-likeness (QED) is 0.426. The zero-order chi connectivity index (χ0) is 10.3. The molecule has 0 heterocycles. The molecule has 0 radical (unpaired) electrons. The molecule has 2 N–H and O–H groups in total. The van der Waals surface area contributed by atoms with Crippen molar-refractivity contribution >= 4 is 11.0 Å². The van der Waals surface area contributed by atoms with Crippen LogP contribution in [0, 0.1) is 0 Å². The van der Waals surface area contributed by atoms with Crippen LogP contribution in [0.1, 0.15) is 13.8 Å². The van der Waals surface area contributed by atoms with E-state index >= 15 is 0 Å². The first-order valence-corrected chi connectivity index (χ1v) is 4.97. The Labute approximate surface area is 79.1 Å². The summed E-state index contributed by atoms with van der Waals surface area (Å²) in [7, 11) is -2.93. The van der Waals surface area contributed by atoms with Crippen molar-refractivity contribution in [2.75, 3.05) is 19.8 Å². The standard InChI is InChI=1S/C6H15NO5S/c1-3-10-6(7,11-4-2)5-12-13(8)9/h13H,3-5,7H2,1-2H3. The normalized spacial score (nSPS) is 12.3. The Balaban J connectivity index is 4.05. The Kier molecular flexibility index (Phi) is 6.17. The first-order valence-electron chi connectivity index (χ1n) is 3.88. The number of rotatable bonds is 7. The highest BCUT2D eigenvalue weighted by Gasteiger charge is 2.26. The van der Waals surface area contributed by atoms with E-state index in [9.17, 15) is 8.42 Å². The van der Waals surface area contributed by atoms with Crippen molar-refractivity contribution < 1.29 is 22.1 Å². The van der Waals surface area contributed by atoms with Crippen LogP contribution in [0.25, 0.3) is 0 Å². The van der Waals surface area contributed by atoms with Crippen molar-refractivity contribution in [1.82, 2.24) is 0 Å². The second-order valence-corrected chi connectivity index (χ2v) is 2.88. The predicted octanol–water partition coefficient (Wildman–Crippen LogP) is -0.785. The first-order chi connectivity index (χ1) is 6.04. The van der Waals surface area contributed by atoms with Crippen LogP contribution in [-0.4, -0.2) is 34.1 Å². The maximum Gasteiger partial charge on any atom is 0.257 e. The van der Waals surface area contributed by atoms with Gasteiger partial charge in [0.2, 0.25) is 0 Å². The van der Waals surface area contributed by atoms with Gasteiger partial charge in [-0.25, -0.2) is 8.42 Å². The molecule has 0 aromatic heterocycles. The van der Waals surface area contributed by atoms with Crippen molar-refractivity contribution in [3.63, 3.8) is 0 Å². The minimum absolute atomic E-state index is 0.315. The van der Waals surface area contributed by atoms with E-state index in [0.717, 1.165) is 0 Å². The van der Waals surface area contributed by atoms with Crippen LogP contribution in [0.4, 0.5) is 0 Å². The lowest BCUT2D eigenvalue weighted by molar-refractivity contribution is -0.242. The van der Waals surface area contributed by atoms with E-state index in [-0.39, 0.29) is 6.61 Å². The SMILES string of the molecule is CCOC(N)(CO[SH](=O)=O)OCC. The average Bonchev–Trinajstić information content (AvgIpc) is 2.02. The van der Waals surface area contributed by atoms with Gasteiger partial charge in [-0.3, -0.25) is 9.92 Å². The van der Waals surface area contributed by atoms with Crippen LogP contribution in [0.3, 0.4) is 0 Å². The first kappa shape index (κ1) is 12.8. The van der Waals surface area contributed by atoms with Gasteiger partial charge in [-0.2, -0.15) is 0 Å². The lowest BCUT2D eigenvalue weighted by Crippen LogP contribution is -2.49.